The lowest BCUT2D eigenvalue weighted by Gasteiger charge is -2.34. The van der Waals surface area contributed by atoms with Crippen molar-refractivity contribution in [3.63, 3.8) is 0 Å². The molecule has 2 heterocycles. The van der Waals surface area contributed by atoms with Gasteiger partial charge in [-0.1, -0.05) is 12.1 Å². The first-order chi connectivity index (χ1) is 13.8. The number of hydrogen-bond acceptors (Lipinski definition) is 6. The summed E-state index contributed by atoms with van der Waals surface area (Å²) in [7, 11) is 3.48. The number of rotatable bonds is 7. The monoisotopic (exact) mass is 381 g/mol. The fourth-order valence-electron chi connectivity index (χ4n) is 3.74. The highest BCUT2D eigenvalue weighted by atomic mass is 16.5. The molecule has 1 aliphatic heterocycles. The van der Waals surface area contributed by atoms with Gasteiger partial charge in [-0.2, -0.15) is 15.4 Å². The minimum atomic E-state index is 0.803. The van der Waals surface area contributed by atoms with E-state index in [1.54, 1.807) is 14.2 Å². The fourth-order valence-corrected chi connectivity index (χ4v) is 3.74. The van der Waals surface area contributed by atoms with Crippen molar-refractivity contribution in [3.8, 4) is 16.9 Å². The molecule has 1 fully saturated rings. The molecule has 0 spiro atoms. The van der Waals surface area contributed by atoms with Crippen LogP contribution in [0.3, 0.4) is 0 Å². The van der Waals surface area contributed by atoms with Crippen molar-refractivity contribution in [2.45, 2.75) is 6.54 Å². The van der Waals surface area contributed by atoms with Crippen LogP contribution in [-0.2, 0) is 11.3 Å². The van der Waals surface area contributed by atoms with Gasteiger partial charge in [-0.15, -0.1) is 0 Å². The molecule has 1 saturated heterocycles. The second-order valence-corrected chi connectivity index (χ2v) is 7.17. The van der Waals surface area contributed by atoms with E-state index in [9.17, 15) is 0 Å². The van der Waals surface area contributed by atoms with Crippen molar-refractivity contribution in [3.05, 3.63) is 42.0 Å². The topological polar surface area (TPSA) is 66.5 Å². The number of ether oxygens (including phenoxy) is 2. The van der Waals surface area contributed by atoms with Crippen LogP contribution in [0.4, 0.5) is 0 Å². The van der Waals surface area contributed by atoms with Gasteiger partial charge in [0.05, 0.1) is 13.7 Å². The van der Waals surface area contributed by atoms with Crippen LogP contribution in [0.1, 0.15) is 5.56 Å². The van der Waals surface area contributed by atoms with E-state index in [0.29, 0.717) is 0 Å². The zero-order valence-corrected chi connectivity index (χ0v) is 16.5. The number of hydrogen-bond donors (Lipinski definition) is 1. The second kappa shape index (κ2) is 8.68. The maximum absolute atomic E-state index is 5.61. The molecule has 3 aromatic rings. The van der Waals surface area contributed by atoms with Crippen molar-refractivity contribution >= 4 is 11.0 Å². The van der Waals surface area contributed by atoms with Crippen LogP contribution in [0.15, 0.2) is 36.4 Å². The van der Waals surface area contributed by atoms with Gasteiger partial charge in [0.2, 0.25) is 0 Å². The molecule has 0 atom stereocenters. The minimum absolute atomic E-state index is 0.803. The third-order valence-electron chi connectivity index (χ3n) is 5.37. The largest absolute Gasteiger partial charge is 0.496 e. The predicted molar refractivity (Wildman–Crippen MR) is 109 cm³/mol. The number of piperazine rings is 1. The van der Waals surface area contributed by atoms with Crippen molar-refractivity contribution in [2.75, 3.05) is 53.6 Å². The Balaban J connectivity index is 1.49. The van der Waals surface area contributed by atoms with E-state index in [1.165, 1.54) is 5.56 Å². The van der Waals surface area contributed by atoms with Crippen LogP contribution >= 0.6 is 0 Å². The number of methoxy groups -OCH3 is 2. The summed E-state index contributed by atoms with van der Waals surface area (Å²) in [6.45, 7) is 7.11. The number of H-pyrrole nitrogens is 1. The molecule has 0 saturated carbocycles. The smallest absolute Gasteiger partial charge is 0.126 e. The zero-order valence-electron chi connectivity index (χ0n) is 16.5. The molecule has 7 nitrogen and oxygen atoms in total. The Morgan fingerprint density at radius 1 is 0.929 bits per heavy atom. The van der Waals surface area contributed by atoms with E-state index in [4.69, 9.17) is 9.47 Å². The van der Waals surface area contributed by atoms with E-state index in [2.05, 4.69) is 55.5 Å². The summed E-state index contributed by atoms with van der Waals surface area (Å²) < 4.78 is 10.8. The SMILES string of the molecule is COCCN1CCN(Cc2ccc(OC)c(-c3ccc4n[nH]nc4c3)c2)CC1. The van der Waals surface area contributed by atoms with Crippen molar-refractivity contribution in [1.29, 1.82) is 0 Å². The molecule has 1 N–H and O–H groups in total. The first-order valence-corrected chi connectivity index (χ1v) is 9.68. The van der Waals surface area contributed by atoms with Gasteiger partial charge in [0.25, 0.3) is 0 Å². The summed E-state index contributed by atoms with van der Waals surface area (Å²) >= 11 is 0. The number of fused-ring (bicyclic) bond motifs is 1. The lowest BCUT2D eigenvalue weighted by molar-refractivity contribution is 0.0938. The van der Waals surface area contributed by atoms with Gasteiger partial charge in [0.1, 0.15) is 16.8 Å². The van der Waals surface area contributed by atoms with Gasteiger partial charge >= 0.3 is 0 Å². The summed E-state index contributed by atoms with van der Waals surface area (Å²) in [6, 6.07) is 12.6. The van der Waals surface area contributed by atoms with Gasteiger partial charge in [0.15, 0.2) is 0 Å². The highest BCUT2D eigenvalue weighted by Crippen LogP contribution is 2.32. The Morgan fingerprint density at radius 2 is 1.71 bits per heavy atom. The summed E-state index contributed by atoms with van der Waals surface area (Å²) in [5.74, 6) is 0.871. The highest BCUT2D eigenvalue weighted by Gasteiger charge is 2.17. The molecular formula is C21H27N5O2. The fraction of sp³-hybridized carbons (Fsp3) is 0.429. The molecule has 1 aromatic heterocycles. The number of nitrogens with one attached hydrogen (secondary N) is 1. The van der Waals surface area contributed by atoms with Crippen LogP contribution in [0.25, 0.3) is 22.2 Å². The summed E-state index contributed by atoms with van der Waals surface area (Å²) in [5, 5.41) is 11.0. The standard InChI is InChI=1S/C21H27N5O2/c1-27-12-11-25-7-9-26(10-8-25)15-16-3-6-21(28-2)18(13-16)17-4-5-19-20(14-17)23-24-22-19/h3-6,13-14H,7-12,15H2,1-2H3,(H,22,23,24). The third kappa shape index (κ3) is 4.16. The van der Waals surface area contributed by atoms with E-state index in [1.807, 2.05) is 6.07 Å². The lowest BCUT2D eigenvalue weighted by Crippen LogP contribution is -2.46. The molecule has 4 rings (SSSR count). The first kappa shape index (κ1) is 18.9. The number of benzene rings is 2. The lowest BCUT2D eigenvalue weighted by atomic mass is 10.0. The molecule has 0 unspecified atom stereocenters. The number of aromatic nitrogens is 3. The van der Waals surface area contributed by atoms with Crippen LogP contribution in [0.2, 0.25) is 0 Å². The zero-order chi connectivity index (χ0) is 19.3. The van der Waals surface area contributed by atoms with Crippen LogP contribution in [-0.4, -0.2) is 78.8 Å². The molecular weight excluding hydrogens is 354 g/mol. The first-order valence-electron chi connectivity index (χ1n) is 9.68. The average Bonchev–Trinajstić information content (AvgIpc) is 3.21. The van der Waals surface area contributed by atoms with Crippen LogP contribution in [0, 0.1) is 0 Å². The Bertz CT molecular complexity index is 918. The Kier molecular flexibility index (Phi) is 5.85. The molecule has 2 aromatic carbocycles. The quantitative estimate of drug-likeness (QED) is 0.678. The average molecular weight is 381 g/mol. The number of aromatic amines is 1. The van der Waals surface area contributed by atoms with Gasteiger partial charge in [0, 0.05) is 51.9 Å². The second-order valence-electron chi connectivity index (χ2n) is 7.17. The summed E-state index contributed by atoms with van der Waals surface area (Å²) in [5.41, 5.74) is 5.19. The minimum Gasteiger partial charge on any atom is -0.496 e. The van der Waals surface area contributed by atoms with Gasteiger partial charge in [-0.3, -0.25) is 9.80 Å². The maximum Gasteiger partial charge on any atom is 0.126 e. The van der Waals surface area contributed by atoms with Crippen LogP contribution < -0.4 is 4.74 Å². The number of nitrogens with zero attached hydrogens (tertiary/aromatic N) is 4. The Labute approximate surface area is 165 Å². The maximum atomic E-state index is 5.61. The van der Waals surface area contributed by atoms with E-state index in [-0.39, 0.29) is 0 Å². The van der Waals surface area contributed by atoms with E-state index >= 15 is 0 Å². The van der Waals surface area contributed by atoms with Crippen molar-refractivity contribution in [1.82, 2.24) is 25.2 Å². The molecule has 148 valence electrons. The molecule has 0 radical (unpaired) electrons. The normalized spacial score (nSPS) is 15.9. The molecule has 0 amide bonds. The third-order valence-corrected chi connectivity index (χ3v) is 5.37. The molecule has 7 heteroatoms. The Morgan fingerprint density at radius 3 is 2.50 bits per heavy atom. The van der Waals surface area contributed by atoms with Gasteiger partial charge in [-0.25, -0.2) is 0 Å². The van der Waals surface area contributed by atoms with Crippen LogP contribution in [0.5, 0.6) is 5.75 Å². The van der Waals surface area contributed by atoms with Crippen molar-refractivity contribution < 1.29 is 9.47 Å². The Hall–Kier alpha value is -2.48. The molecule has 0 bridgehead atoms. The summed E-state index contributed by atoms with van der Waals surface area (Å²) in [4.78, 5) is 4.97. The van der Waals surface area contributed by atoms with Crippen molar-refractivity contribution in [2.24, 2.45) is 0 Å². The van der Waals surface area contributed by atoms with E-state index in [0.717, 1.165) is 73.8 Å². The van der Waals surface area contributed by atoms with Gasteiger partial charge in [-0.05, 0) is 35.4 Å². The highest BCUT2D eigenvalue weighted by molar-refractivity contribution is 5.83. The summed E-state index contributed by atoms with van der Waals surface area (Å²) in [6.07, 6.45) is 0. The molecule has 1 aliphatic rings. The molecule has 28 heavy (non-hydrogen) atoms. The molecule has 0 aliphatic carbocycles. The predicted octanol–water partition coefficient (Wildman–Crippen LogP) is 2.40. The van der Waals surface area contributed by atoms with E-state index < -0.39 is 0 Å². The van der Waals surface area contributed by atoms with Gasteiger partial charge < -0.3 is 9.47 Å².